The third-order valence-electron chi connectivity index (χ3n) is 3.65. The van der Waals surface area contributed by atoms with Gasteiger partial charge in [0.2, 0.25) is 0 Å². The fourth-order valence-electron chi connectivity index (χ4n) is 2.42. The molecule has 0 aromatic heterocycles. The van der Waals surface area contributed by atoms with Crippen LogP contribution in [0.25, 0.3) is 0 Å². The largest absolute Gasteiger partial charge is 0.444 e. The van der Waals surface area contributed by atoms with Gasteiger partial charge in [0.1, 0.15) is 5.60 Å². The Morgan fingerprint density at radius 1 is 1.04 bits per heavy atom. The van der Waals surface area contributed by atoms with E-state index in [9.17, 15) is 9.59 Å². The van der Waals surface area contributed by atoms with Crippen molar-refractivity contribution in [3.05, 3.63) is 24.3 Å². The normalized spacial score (nSPS) is 15.0. The molecule has 24 heavy (non-hydrogen) atoms. The van der Waals surface area contributed by atoms with Crippen LogP contribution in [0.5, 0.6) is 0 Å². The Morgan fingerprint density at radius 2 is 1.62 bits per heavy atom. The van der Waals surface area contributed by atoms with Crippen molar-refractivity contribution < 1.29 is 14.3 Å². The topological polar surface area (TPSA) is 73.9 Å². The van der Waals surface area contributed by atoms with Crippen molar-refractivity contribution in [3.8, 4) is 0 Å². The number of nitrogens with one attached hydrogen (secondary N) is 2. The van der Waals surface area contributed by atoms with Gasteiger partial charge in [0.15, 0.2) is 0 Å². The standard InChI is InChI=1S/C17H26N4O3/c1-17(2,3)24-16(23)21-11-9-20(10-12-21)14-7-5-13(6-8-14)19-15(22)18-4/h5-8H,9-12H2,1-4H3,(H2,18,19,22). The molecule has 0 atom stereocenters. The van der Waals surface area contributed by atoms with Crippen LogP contribution in [0, 0.1) is 0 Å². The van der Waals surface area contributed by atoms with Crippen molar-refractivity contribution >= 4 is 23.5 Å². The number of anilines is 2. The molecule has 2 N–H and O–H groups in total. The number of nitrogens with zero attached hydrogens (tertiary/aromatic N) is 2. The van der Waals surface area contributed by atoms with Crippen LogP contribution in [-0.2, 0) is 4.74 Å². The van der Waals surface area contributed by atoms with Gasteiger partial charge in [0.25, 0.3) is 0 Å². The lowest BCUT2D eigenvalue weighted by molar-refractivity contribution is 0.0240. The van der Waals surface area contributed by atoms with E-state index < -0.39 is 5.60 Å². The molecular weight excluding hydrogens is 308 g/mol. The molecule has 1 saturated heterocycles. The number of hydrogen-bond donors (Lipinski definition) is 2. The highest BCUT2D eigenvalue weighted by atomic mass is 16.6. The lowest BCUT2D eigenvalue weighted by Gasteiger charge is -2.36. The summed E-state index contributed by atoms with van der Waals surface area (Å²) in [5.41, 5.74) is 1.34. The summed E-state index contributed by atoms with van der Waals surface area (Å²) >= 11 is 0. The highest BCUT2D eigenvalue weighted by Gasteiger charge is 2.25. The van der Waals surface area contributed by atoms with E-state index in [1.54, 1.807) is 11.9 Å². The molecule has 1 aromatic rings. The minimum absolute atomic E-state index is 0.242. The van der Waals surface area contributed by atoms with Crippen LogP contribution in [0.15, 0.2) is 24.3 Å². The number of rotatable bonds is 2. The van der Waals surface area contributed by atoms with Crippen LogP contribution in [-0.4, -0.2) is 55.9 Å². The van der Waals surface area contributed by atoms with Gasteiger partial charge in [0.05, 0.1) is 0 Å². The quantitative estimate of drug-likeness (QED) is 0.871. The lowest BCUT2D eigenvalue weighted by atomic mass is 10.2. The second kappa shape index (κ2) is 7.42. The van der Waals surface area contributed by atoms with Crippen molar-refractivity contribution in [2.45, 2.75) is 26.4 Å². The molecular formula is C17H26N4O3. The summed E-state index contributed by atoms with van der Waals surface area (Å²) < 4.78 is 5.40. The Morgan fingerprint density at radius 3 is 2.12 bits per heavy atom. The number of hydrogen-bond acceptors (Lipinski definition) is 4. The zero-order valence-electron chi connectivity index (χ0n) is 14.8. The molecule has 0 aliphatic carbocycles. The van der Waals surface area contributed by atoms with Crippen molar-refractivity contribution in [2.75, 3.05) is 43.4 Å². The average molecular weight is 334 g/mol. The van der Waals surface area contributed by atoms with E-state index >= 15 is 0 Å². The molecule has 132 valence electrons. The smallest absolute Gasteiger partial charge is 0.410 e. The molecule has 0 saturated carbocycles. The molecule has 0 radical (unpaired) electrons. The molecule has 1 heterocycles. The van der Waals surface area contributed by atoms with Gasteiger partial charge in [-0.2, -0.15) is 0 Å². The summed E-state index contributed by atoms with van der Waals surface area (Å²) in [5.74, 6) is 0. The monoisotopic (exact) mass is 334 g/mol. The third-order valence-corrected chi connectivity index (χ3v) is 3.65. The Bertz CT molecular complexity index is 572. The number of piperazine rings is 1. The first-order valence-corrected chi connectivity index (χ1v) is 8.10. The predicted octanol–water partition coefficient (Wildman–Crippen LogP) is 2.50. The summed E-state index contributed by atoms with van der Waals surface area (Å²) in [6.45, 7) is 8.38. The molecule has 2 rings (SSSR count). The van der Waals surface area contributed by atoms with Crippen LogP contribution in [0.1, 0.15) is 20.8 Å². The van der Waals surface area contributed by atoms with E-state index in [0.29, 0.717) is 13.1 Å². The first kappa shape index (κ1) is 17.9. The minimum Gasteiger partial charge on any atom is -0.444 e. The van der Waals surface area contributed by atoms with Gasteiger partial charge in [-0.25, -0.2) is 9.59 Å². The maximum Gasteiger partial charge on any atom is 0.410 e. The molecule has 0 spiro atoms. The second-order valence-electron chi connectivity index (χ2n) is 6.71. The number of carbonyl (C=O) groups is 2. The summed E-state index contributed by atoms with van der Waals surface area (Å²) in [7, 11) is 1.58. The van der Waals surface area contributed by atoms with E-state index in [0.717, 1.165) is 24.5 Å². The zero-order chi connectivity index (χ0) is 17.7. The number of urea groups is 1. The Labute approximate surface area is 142 Å². The molecule has 7 heteroatoms. The molecule has 1 aromatic carbocycles. The van der Waals surface area contributed by atoms with Gasteiger partial charge in [-0.05, 0) is 45.0 Å². The maximum absolute atomic E-state index is 12.1. The third kappa shape index (κ3) is 5.04. The predicted molar refractivity (Wildman–Crippen MR) is 94.5 cm³/mol. The van der Waals surface area contributed by atoms with Crippen LogP contribution < -0.4 is 15.5 Å². The summed E-state index contributed by atoms with van der Waals surface area (Å²) in [6.07, 6.45) is -0.257. The van der Waals surface area contributed by atoms with Gasteiger partial charge < -0.3 is 25.2 Å². The number of benzene rings is 1. The Balaban J connectivity index is 1.88. The highest BCUT2D eigenvalue weighted by molar-refractivity contribution is 5.89. The Hall–Kier alpha value is -2.44. The van der Waals surface area contributed by atoms with Crippen molar-refractivity contribution in [1.82, 2.24) is 10.2 Å². The fraction of sp³-hybridized carbons (Fsp3) is 0.529. The summed E-state index contributed by atoms with van der Waals surface area (Å²) in [6, 6.07) is 7.42. The zero-order valence-corrected chi connectivity index (χ0v) is 14.8. The number of carbonyl (C=O) groups excluding carboxylic acids is 2. The number of ether oxygens (including phenoxy) is 1. The van der Waals surface area contributed by atoms with Crippen molar-refractivity contribution in [2.24, 2.45) is 0 Å². The van der Waals surface area contributed by atoms with E-state index in [2.05, 4.69) is 15.5 Å². The van der Waals surface area contributed by atoms with Gasteiger partial charge >= 0.3 is 12.1 Å². The fourth-order valence-corrected chi connectivity index (χ4v) is 2.42. The summed E-state index contributed by atoms with van der Waals surface area (Å²) in [5, 5.41) is 5.24. The maximum atomic E-state index is 12.1. The lowest BCUT2D eigenvalue weighted by Crippen LogP contribution is -2.50. The Kier molecular flexibility index (Phi) is 5.54. The van der Waals surface area contributed by atoms with Crippen LogP contribution >= 0.6 is 0 Å². The SMILES string of the molecule is CNC(=O)Nc1ccc(N2CCN(C(=O)OC(C)(C)C)CC2)cc1. The molecule has 7 nitrogen and oxygen atoms in total. The van der Waals surface area contributed by atoms with Crippen LogP contribution in [0.2, 0.25) is 0 Å². The number of amides is 3. The van der Waals surface area contributed by atoms with Gasteiger partial charge in [-0.1, -0.05) is 0 Å². The van der Waals surface area contributed by atoms with E-state index in [1.165, 1.54) is 0 Å². The molecule has 0 unspecified atom stereocenters. The molecule has 0 bridgehead atoms. The minimum atomic E-state index is -0.470. The average Bonchev–Trinajstić information content (AvgIpc) is 2.54. The molecule has 1 aliphatic heterocycles. The highest BCUT2D eigenvalue weighted by Crippen LogP contribution is 2.20. The van der Waals surface area contributed by atoms with Gasteiger partial charge in [-0.15, -0.1) is 0 Å². The molecule has 1 fully saturated rings. The molecule has 1 aliphatic rings. The van der Waals surface area contributed by atoms with E-state index in [-0.39, 0.29) is 12.1 Å². The first-order valence-electron chi connectivity index (χ1n) is 8.10. The van der Waals surface area contributed by atoms with Gasteiger partial charge in [0, 0.05) is 44.6 Å². The first-order chi connectivity index (χ1) is 11.3. The van der Waals surface area contributed by atoms with E-state index in [1.807, 2.05) is 45.0 Å². The van der Waals surface area contributed by atoms with Gasteiger partial charge in [-0.3, -0.25) is 0 Å². The summed E-state index contributed by atoms with van der Waals surface area (Å²) in [4.78, 5) is 27.3. The van der Waals surface area contributed by atoms with E-state index in [4.69, 9.17) is 4.74 Å². The van der Waals surface area contributed by atoms with Crippen molar-refractivity contribution in [1.29, 1.82) is 0 Å². The van der Waals surface area contributed by atoms with Crippen molar-refractivity contribution in [3.63, 3.8) is 0 Å². The molecule has 3 amide bonds. The van der Waals surface area contributed by atoms with Crippen LogP contribution in [0.4, 0.5) is 21.0 Å². The van der Waals surface area contributed by atoms with Crippen LogP contribution in [0.3, 0.4) is 0 Å². The second-order valence-corrected chi connectivity index (χ2v) is 6.71.